The topological polar surface area (TPSA) is 78.0 Å². The Hall–Kier alpha value is -2.31. The molecule has 1 unspecified atom stereocenters. The number of aromatic nitrogens is 2. The maximum Gasteiger partial charge on any atom is 0.251 e. The summed E-state index contributed by atoms with van der Waals surface area (Å²) in [6, 6.07) is 15.1. The minimum absolute atomic E-state index is 0.0817. The molecule has 0 aliphatic carbocycles. The molecular formula is C18H19N3O2S. The molecule has 3 N–H and O–H groups in total. The largest absolute Gasteiger partial charge is 0.394 e. The number of hydrogen-bond donors (Lipinski definition) is 3. The van der Waals surface area contributed by atoms with Gasteiger partial charge in [0, 0.05) is 17.4 Å². The van der Waals surface area contributed by atoms with Crippen LogP contribution in [0, 0.1) is 0 Å². The van der Waals surface area contributed by atoms with Gasteiger partial charge in [-0.1, -0.05) is 42.1 Å². The Morgan fingerprint density at radius 3 is 2.79 bits per heavy atom. The summed E-state index contributed by atoms with van der Waals surface area (Å²) >= 11 is 1.56. The molecule has 3 rings (SSSR count). The number of nitrogens with one attached hydrogen (secondary N) is 2. The van der Waals surface area contributed by atoms with Crippen molar-refractivity contribution in [3.05, 3.63) is 59.7 Å². The molecule has 1 heterocycles. The van der Waals surface area contributed by atoms with E-state index in [-0.39, 0.29) is 18.6 Å². The van der Waals surface area contributed by atoms with Gasteiger partial charge >= 0.3 is 0 Å². The number of thioether (sulfide) groups is 1. The lowest BCUT2D eigenvalue weighted by Gasteiger charge is -2.13. The lowest BCUT2D eigenvalue weighted by molar-refractivity contribution is 0.0921. The molecule has 1 amide bonds. The van der Waals surface area contributed by atoms with Gasteiger partial charge in [-0.05, 0) is 30.7 Å². The number of fused-ring (bicyclic) bond motifs is 1. The summed E-state index contributed by atoms with van der Waals surface area (Å²) in [6.07, 6.45) is 0. The summed E-state index contributed by atoms with van der Waals surface area (Å²) in [5, 5.41) is 12.7. The van der Waals surface area contributed by atoms with Crippen LogP contribution in [0.3, 0.4) is 0 Å². The van der Waals surface area contributed by atoms with E-state index in [2.05, 4.69) is 15.3 Å². The Bertz CT molecular complexity index is 814. The van der Waals surface area contributed by atoms with Crippen LogP contribution >= 0.6 is 11.8 Å². The third-order valence-corrected chi connectivity index (χ3v) is 4.57. The van der Waals surface area contributed by atoms with Crippen molar-refractivity contribution in [2.24, 2.45) is 0 Å². The maximum atomic E-state index is 12.3. The Labute approximate surface area is 144 Å². The molecule has 24 heavy (non-hydrogen) atoms. The third-order valence-electron chi connectivity index (χ3n) is 3.65. The molecule has 1 atom stereocenters. The average molecular weight is 341 g/mol. The highest BCUT2D eigenvalue weighted by Crippen LogP contribution is 2.24. The van der Waals surface area contributed by atoms with E-state index in [1.54, 1.807) is 24.8 Å². The molecule has 0 aliphatic rings. The number of aliphatic hydroxyl groups is 1. The van der Waals surface area contributed by atoms with Crippen molar-refractivity contribution < 1.29 is 9.90 Å². The van der Waals surface area contributed by atoms with Crippen molar-refractivity contribution in [3.8, 4) is 0 Å². The number of aromatic amines is 1. The fourth-order valence-corrected chi connectivity index (χ4v) is 3.25. The Morgan fingerprint density at radius 2 is 2.00 bits per heavy atom. The molecule has 0 fully saturated rings. The number of aliphatic hydroxyl groups excluding tert-OH is 1. The molecule has 0 saturated carbocycles. The van der Waals surface area contributed by atoms with E-state index in [0.717, 1.165) is 21.8 Å². The maximum absolute atomic E-state index is 12.3. The number of imidazole rings is 1. The van der Waals surface area contributed by atoms with Gasteiger partial charge in [-0.2, -0.15) is 0 Å². The van der Waals surface area contributed by atoms with Gasteiger partial charge < -0.3 is 15.4 Å². The summed E-state index contributed by atoms with van der Waals surface area (Å²) in [5.41, 5.74) is 3.50. The smallest absolute Gasteiger partial charge is 0.251 e. The number of para-hydroxylation sites is 2. The third kappa shape index (κ3) is 3.77. The molecule has 0 radical (unpaired) electrons. The van der Waals surface area contributed by atoms with Gasteiger partial charge in [-0.3, -0.25) is 4.79 Å². The summed E-state index contributed by atoms with van der Waals surface area (Å²) in [4.78, 5) is 20.1. The van der Waals surface area contributed by atoms with Crippen molar-refractivity contribution >= 4 is 28.7 Å². The van der Waals surface area contributed by atoms with Crippen LogP contribution in [0.4, 0.5) is 0 Å². The van der Waals surface area contributed by atoms with Crippen LogP contribution in [-0.4, -0.2) is 33.6 Å². The molecule has 5 nitrogen and oxygen atoms in total. The molecule has 0 saturated heterocycles. The highest BCUT2D eigenvalue weighted by Gasteiger charge is 2.13. The molecule has 0 spiro atoms. The highest BCUT2D eigenvalue weighted by molar-refractivity contribution is 7.98. The first-order valence-corrected chi connectivity index (χ1v) is 8.73. The van der Waals surface area contributed by atoms with Gasteiger partial charge in [-0.25, -0.2) is 4.98 Å². The van der Waals surface area contributed by atoms with Crippen molar-refractivity contribution in [3.63, 3.8) is 0 Å². The van der Waals surface area contributed by atoms with E-state index < -0.39 is 0 Å². The number of benzene rings is 2. The van der Waals surface area contributed by atoms with Crippen LogP contribution in [0.15, 0.2) is 53.7 Å². The van der Waals surface area contributed by atoms with E-state index in [1.165, 1.54) is 0 Å². The van der Waals surface area contributed by atoms with E-state index in [9.17, 15) is 4.79 Å². The van der Waals surface area contributed by atoms with Crippen LogP contribution in [-0.2, 0) is 5.75 Å². The highest BCUT2D eigenvalue weighted by atomic mass is 32.2. The predicted molar refractivity (Wildman–Crippen MR) is 96.1 cm³/mol. The Balaban J connectivity index is 1.74. The molecule has 6 heteroatoms. The fourth-order valence-electron chi connectivity index (χ4n) is 2.36. The fraction of sp³-hybridized carbons (Fsp3) is 0.222. The van der Waals surface area contributed by atoms with Gasteiger partial charge in [0.2, 0.25) is 0 Å². The summed E-state index contributed by atoms with van der Waals surface area (Å²) in [5.74, 6) is 0.467. The zero-order chi connectivity index (χ0) is 16.9. The normalized spacial score (nSPS) is 12.2. The van der Waals surface area contributed by atoms with Crippen LogP contribution in [0.5, 0.6) is 0 Å². The Kier molecular flexibility index (Phi) is 5.17. The van der Waals surface area contributed by atoms with Crippen LogP contribution < -0.4 is 5.32 Å². The predicted octanol–water partition coefficient (Wildman–Crippen LogP) is 2.97. The first kappa shape index (κ1) is 16.5. The number of hydrogen-bond acceptors (Lipinski definition) is 4. The van der Waals surface area contributed by atoms with Crippen molar-refractivity contribution in [2.45, 2.75) is 23.9 Å². The first-order chi connectivity index (χ1) is 11.7. The number of amides is 1. The van der Waals surface area contributed by atoms with E-state index in [1.807, 2.05) is 42.5 Å². The Morgan fingerprint density at radius 1 is 1.25 bits per heavy atom. The number of carbonyl (C=O) groups is 1. The molecule has 0 bridgehead atoms. The van der Waals surface area contributed by atoms with Crippen molar-refractivity contribution in [2.75, 3.05) is 6.61 Å². The minimum atomic E-state index is -0.270. The van der Waals surface area contributed by atoms with Gasteiger partial charge in [0.15, 0.2) is 5.16 Å². The van der Waals surface area contributed by atoms with Crippen LogP contribution in [0.25, 0.3) is 11.0 Å². The SMILES string of the molecule is CC(CO)NC(=O)c1ccccc1CSc1nc2ccccc2[nH]1. The number of H-pyrrole nitrogens is 1. The van der Waals surface area contributed by atoms with Crippen LogP contribution in [0.1, 0.15) is 22.8 Å². The summed E-state index contributed by atoms with van der Waals surface area (Å²) < 4.78 is 0. The standard InChI is InChI=1S/C18H19N3O2S/c1-12(10-22)19-17(23)14-7-3-2-6-13(14)11-24-18-20-15-8-4-5-9-16(15)21-18/h2-9,12,22H,10-11H2,1H3,(H,19,23)(H,20,21). The zero-order valence-corrected chi connectivity index (χ0v) is 14.1. The quantitative estimate of drug-likeness (QED) is 0.602. The minimum Gasteiger partial charge on any atom is -0.394 e. The molecular weight excluding hydrogens is 322 g/mol. The van der Waals surface area contributed by atoms with E-state index >= 15 is 0 Å². The monoisotopic (exact) mass is 341 g/mol. The van der Waals surface area contributed by atoms with Gasteiger partial charge in [0.25, 0.3) is 5.91 Å². The number of carbonyl (C=O) groups excluding carboxylic acids is 1. The first-order valence-electron chi connectivity index (χ1n) is 7.74. The summed E-state index contributed by atoms with van der Waals surface area (Å²) in [7, 11) is 0. The van der Waals surface area contributed by atoms with Gasteiger partial charge in [0.1, 0.15) is 0 Å². The van der Waals surface area contributed by atoms with Crippen LogP contribution in [0.2, 0.25) is 0 Å². The average Bonchev–Trinajstić information content (AvgIpc) is 3.03. The number of rotatable bonds is 6. The zero-order valence-electron chi connectivity index (χ0n) is 13.3. The van der Waals surface area contributed by atoms with Gasteiger partial charge in [0.05, 0.1) is 17.6 Å². The van der Waals surface area contributed by atoms with Crippen molar-refractivity contribution in [1.82, 2.24) is 15.3 Å². The summed E-state index contributed by atoms with van der Waals surface area (Å²) in [6.45, 7) is 1.69. The molecule has 2 aromatic carbocycles. The molecule has 124 valence electrons. The number of nitrogens with zero attached hydrogens (tertiary/aromatic N) is 1. The van der Waals surface area contributed by atoms with E-state index in [4.69, 9.17) is 5.11 Å². The molecule has 0 aliphatic heterocycles. The second-order valence-electron chi connectivity index (χ2n) is 5.56. The lowest BCUT2D eigenvalue weighted by Crippen LogP contribution is -2.35. The molecule has 1 aromatic heterocycles. The lowest BCUT2D eigenvalue weighted by atomic mass is 10.1. The second-order valence-corrected chi connectivity index (χ2v) is 6.53. The van der Waals surface area contributed by atoms with E-state index in [0.29, 0.717) is 11.3 Å². The second kappa shape index (κ2) is 7.51. The molecule has 3 aromatic rings. The van der Waals surface area contributed by atoms with Crippen molar-refractivity contribution in [1.29, 1.82) is 0 Å². The van der Waals surface area contributed by atoms with Gasteiger partial charge in [-0.15, -0.1) is 0 Å².